The monoisotopic (exact) mass is 544 g/mol. The second-order valence-corrected chi connectivity index (χ2v) is 8.41. The Balaban J connectivity index is 0.00000341. The average Bonchev–Trinajstić information content (AvgIpc) is 2.79. The van der Waals surface area contributed by atoms with Gasteiger partial charge in [-0.2, -0.15) is 0 Å². The van der Waals surface area contributed by atoms with Crippen LogP contribution in [0.4, 0.5) is 0 Å². The van der Waals surface area contributed by atoms with Gasteiger partial charge in [0.15, 0.2) is 5.96 Å². The Morgan fingerprint density at radius 3 is 2.61 bits per heavy atom. The van der Waals surface area contributed by atoms with Crippen molar-refractivity contribution in [2.75, 3.05) is 59.1 Å². The lowest BCUT2D eigenvalue weighted by Gasteiger charge is -2.31. The maximum absolute atomic E-state index is 6.16. The quantitative estimate of drug-likeness (QED) is 0.215. The summed E-state index contributed by atoms with van der Waals surface area (Å²) in [6.07, 6.45) is 4.80. The second kappa shape index (κ2) is 15.0. The number of aryl methyl sites for hydroxylation is 1. The lowest BCUT2D eigenvalue weighted by atomic mass is 9.89. The zero-order chi connectivity index (χ0) is 21.0. The van der Waals surface area contributed by atoms with Crippen molar-refractivity contribution in [3.8, 4) is 0 Å². The van der Waals surface area contributed by atoms with Gasteiger partial charge in [-0.3, -0.25) is 9.89 Å². The molecule has 6 nitrogen and oxygen atoms in total. The van der Waals surface area contributed by atoms with Crippen molar-refractivity contribution in [3.63, 3.8) is 0 Å². The highest BCUT2D eigenvalue weighted by Crippen LogP contribution is 2.33. The van der Waals surface area contributed by atoms with Gasteiger partial charge < -0.3 is 20.1 Å². The summed E-state index contributed by atoms with van der Waals surface area (Å²) in [4.78, 5) is 7.40. The number of hydrogen-bond donors (Lipinski definition) is 2. The Kier molecular flexibility index (Phi) is 12.8. The summed E-state index contributed by atoms with van der Waals surface area (Å²) in [6.45, 7) is 12.8. The molecule has 2 aliphatic rings. The molecule has 1 aromatic rings. The second-order valence-electron chi connectivity index (χ2n) is 8.41. The molecule has 1 aromatic carbocycles. The summed E-state index contributed by atoms with van der Waals surface area (Å²) in [5.74, 6) is 1.36. The minimum atomic E-state index is 0. The summed E-state index contributed by atoms with van der Waals surface area (Å²) < 4.78 is 11.6. The average molecular weight is 545 g/mol. The van der Waals surface area contributed by atoms with Gasteiger partial charge in [0.1, 0.15) is 0 Å². The van der Waals surface area contributed by atoms with Crippen LogP contribution < -0.4 is 10.6 Å². The lowest BCUT2D eigenvalue weighted by molar-refractivity contribution is -0.0250. The molecule has 0 spiro atoms. The number of halogens is 1. The van der Waals surface area contributed by atoms with Gasteiger partial charge in [-0.15, -0.1) is 24.0 Å². The largest absolute Gasteiger partial charge is 0.379 e. The number of nitrogens with one attached hydrogen (secondary N) is 2. The number of aliphatic imine (C=N–C) groups is 1. The van der Waals surface area contributed by atoms with Gasteiger partial charge in [0.25, 0.3) is 0 Å². The van der Waals surface area contributed by atoms with Gasteiger partial charge in [0.05, 0.1) is 19.3 Å². The molecular formula is C24H41IN4O2. The van der Waals surface area contributed by atoms with Crippen molar-refractivity contribution in [1.82, 2.24) is 15.5 Å². The van der Waals surface area contributed by atoms with E-state index in [4.69, 9.17) is 14.5 Å². The first-order valence-corrected chi connectivity index (χ1v) is 11.8. The van der Waals surface area contributed by atoms with Crippen LogP contribution in [0.1, 0.15) is 49.8 Å². The molecule has 2 heterocycles. The SMILES string of the molecule is CCNC(=NCC1CCCOC1c1ccc(C)cc1)NCCCCN1CCOCC1.I. The van der Waals surface area contributed by atoms with Crippen LogP contribution in [-0.4, -0.2) is 69.9 Å². The standard InChI is InChI=1S/C24H40N4O2.HI/c1-3-25-24(26-12-4-5-13-28-14-17-29-18-15-28)27-19-22-7-6-16-30-23(22)21-10-8-20(2)9-11-21;/h8-11,22-23H,3-7,12-19H2,1-2H3,(H2,25,26,27);1H. The molecule has 7 heteroatoms. The maximum Gasteiger partial charge on any atom is 0.191 e. The number of ether oxygens (including phenoxy) is 2. The third-order valence-corrected chi connectivity index (χ3v) is 5.98. The molecule has 0 bridgehead atoms. The molecule has 0 amide bonds. The molecular weight excluding hydrogens is 503 g/mol. The van der Waals surface area contributed by atoms with E-state index in [-0.39, 0.29) is 30.1 Å². The number of unbranched alkanes of at least 4 members (excludes halogenated alkanes) is 1. The van der Waals surface area contributed by atoms with Gasteiger partial charge in [0, 0.05) is 45.2 Å². The smallest absolute Gasteiger partial charge is 0.191 e. The van der Waals surface area contributed by atoms with Crippen molar-refractivity contribution in [2.45, 2.75) is 45.6 Å². The van der Waals surface area contributed by atoms with E-state index in [1.165, 1.54) is 24.0 Å². The Bertz CT molecular complexity index is 635. The number of morpholine rings is 1. The molecule has 176 valence electrons. The number of rotatable bonds is 9. The summed E-state index contributed by atoms with van der Waals surface area (Å²) in [7, 11) is 0. The van der Waals surface area contributed by atoms with Crippen molar-refractivity contribution in [3.05, 3.63) is 35.4 Å². The molecule has 2 aliphatic heterocycles. The fourth-order valence-corrected chi connectivity index (χ4v) is 4.20. The highest BCUT2D eigenvalue weighted by Gasteiger charge is 2.27. The van der Waals surface area contributed by atoms with Gasteiger partial charge >= 0.3 is 0 Å². The first kappa shape index (κ1) is 26.4. The zero-order valence-electron chi connectivity index (χ0n) is 19.3. The van der Waals surface area contributed by atoms with Crippen LogP contribution in [0.3, 0.4) is 0 Å². The van der Waals surface area contributed by atoms with Crippen LogP contribution >= 0.6 is 24.0 Å². The molecule has 3 rings (SSSR count). The van der Waals surface area contributed by atoms with E-state index in [0.29, 0.717) is 5.92 Å². The normalized spacial score (nSPS) is 22.6. The summed E-state index contributed by atoms with van der Waals surface area (Å²) in [5, 5.41) is 6.91. The zero-order valence-corrected chi connectivity index (χ0v) is 21.6. The predicted molar refractivity (Wildman–Crippen MR) is 138 cm³/mol. The van der Waals surface area contributed by atoms with E-state index in [2.05, 4.69) is 53.6 Å². The molecule has 2 fully saturated rings. The third-order valence-electron chi connectivity index (χ3n) is 5.98. The number of hydrogen-bond acceptors (Lipinski definition) is 4. The minimum Gasteiger partial charge on any atom is -0.379 e. The van der Waals surface area contributed by atoms with Gasteiger partial charge in [-0.25, -0.2) is 0 Å². The Morgan fingerprint density at radius 2 is 1.87 bits per heavy atom. The molecule has 2 saturated heterocycles. The molecule has 0 aliphatic carbocycles. The van der Waals surface area contributed by atoms with Crippen molar-refractivity contribution < 1.29 is 9.47 Å². The van der Waals surface area contributed by atoms with E-state index in [9.17, 15) is 0 Å². The van der Waals surface area contributed by atoms with Crippen LogP contribution in [0.2, 0.25) is 0 Å². The van der Waals surface area contributed by atoms with E-state index >= 15 is 0 Å². The van der Waals surface area contributed by atoms with E-state index in [1.54, 1.807) is 0 Å². The molecule has 31 heavy (non-hydrogen) atoms. The van der Waals surface area contributed by atoms with Gasteiger partial charge in [-0.05, 0) is 51.6 Å². The molecule has 2 atom stereocenters. The lowest BCUT2D eigenvalue weighted by Crippen LogP contribution is -2.39. The Labute approximate surface area is 205 Å². The first-order valence-electron chi connectivity index (χ1n) is 11.8. The molecule has 2 unspecified atom stereocenters. The highest BCUT2D eigenvalue weighted by atomic mass is 127. The minimum absolute atomic E-state index is 0. The molecule has 0 aromatic heterocycles. The fourth-order valence-electron chi connectivity index (χ4n) is 4.20. The number of benzene rings is 1. The maximum atomic E-state index is 6.16. The van der Waals surface area contributed by atoms with Crippen LogP contribution in [0.25, 0.3) is 0 Å². The Hall–Kier alpha value is -0.900. The van der Waals surface area contributed by atoms with Crippen LogP contribution in [0, 0.1) is 12.8 Å². The summed E-state index contributed by atoms with van der Waals surface area (Å²) in [5.41, 5.74) is 2.57. The predicted octanol–water partition coefficient (Wildman–Crippen LogP) is 3.75. The van der Waals surface area contributed by atoms with Crippen LogP contribution in [-0.2, 0) is 9.47 Å². The fraction of sp³-hybridized carbons (Fsp3) is 0.708. The van der Waals surface area contributed by atoms with Crippen molar-refractivity contribution in [2.24, 2.45) is 10.9 Å². The third kappa shape index (κ3) is 9.24. The van der Waals surface area contributed by atoms with Crippen molar-refractivity contribution >= 4 is 29.9 Å². The first-order chi connectivity index (χ1) is 14.8. The number of guanidine groups is 1. The van der Waals surface area contributed by atoms with Crippen LogP contribution in [0.15, 0.2) is 29.3 Å². The van der Waals surface area contributed by atoms with E-state index in [0.717, 1.165) is 77.9 Å². The summed E-state index contributed by atoms with van der Waals surface area (Å²) >= 11 is 0. The van der Waals surface area contributed by atoms with Gasteiger partial charge in [0.2, 0.25) is 0 Å². The van der Waals surface area contributed by atoms with Crippen LogP contribution in [0.5, 0.6) is 0 Å². The molecule has 2 N–H and O–H groups in total. The van der Waals surface area contributed by atoms with E-state index < -0.39 is 0 Å². The van der Waals surface area contributed by atoms with E-state index in [1.807, 2.05) is 0 Å². The Morgan fingerprint density at radius 1 is 1.10 bits per heavy atom. The number of nitrogens with zero attached hydrogens (tertiary/aromatic N) is 2. The topological polar surface area (TPSA) is 58.1 Å². The van der Waals surface area contributed by atoms with Crippen molar-refractivity contribution in [1.29, 1.82) is 0 Å². The molecule has 0 saturated carbocycles. The summed E-state index contributed by atoms with van der Waals surface area (Å²) in [6, 6.07) is 8.77. The molecule has 0 radical (unpaired) electrons. The highest BCUT2D eigenvalue weighted by molar-refractivity contribution is 14.0. The van der Waals surface area contributed by atoms with Gasteiger partial charge in [-0.1, -0.05) is 29.8 Å².